The molecule has 0 fully saturated rings. The Morgan fingerprint density at radius 2 is 1.71 bits per heavy atom. The Bertz CT molecular complexity index is 651. The van der Waals surface area contributed by atoms with Crippen LogP contribution in [0.1, 0.15) is 16.4 Å². The van der Waals surface area contributed by atoms with E-state index in [2.05, 4.69) is 28.7 Å². The van der Waals surface area contributed by atoms with Gasteiger partial charge in [-0.3, -0.25) is 0 Å². The van der Waals surface area contributed by atoms with E-state index in [1.165, 1.54) is 19.2 Å². The third-order valence-corrected chi connectivity index (χ3v) is 4.30. The van der Waals surface area contributed by atoms with Crippen LogP contribution in [-0.2, 0) is 0 Å². The molecular weight excluding hydrogens is 385 g/mol. The first-order chi connectivity index (χ1) is 10.1. The summed E-state index contributed by atoms with van der Waals surface area (Å²) in [6.45, 7) is 1.97. The molecule has 0 bridgehead atoms. The molecule has 0 N–H and O–H groups in total. The van der Waals surface area contributed by atoms with Crippen LogP contribution in [0.3, 0.4) is 0 Å². The molecular formula is C17H15F2IO. The van der Waals surface area contributed by atoms with Crippen molar-refractivity contribution in [2.75, 3.05) is 7.11 Å². The summed E-state index contributed by atoms with van der Waals surface area (Å²) >= 11 is 2.32. The first-order valence-corrected chi connectivity index (χ1v) is 7.72. The summed E-state index contributed by atoms with van der Waals surface area (Å²) in [5.74, 6) is -1.94. The SMILES string of the molecule is CC=CC(I)c1ccc(-c2ccc(OC)c(F)c2F)cc1. The molecule has 1 unspecified atom stereocenters. The van der Waals surface area contributed by atoms with Gasteiger partial charge in [-0.25, -0.2) is 4.39 Å². The predicted molar refractivity (Wildman–Crippen MR) is 89.9 cm³/mol. The number of ether oxygens (including phenoxy) is 1. The molecule has 1 atom stereocenters. The number of allylic oxidation sites excluding steroid dienone is 2. The predicted octanol–water partition coefficient (Wildman–Crippen LogP) is 5.69. The normalized spacial score (nSPS) is 12.6. The first-order valence-electron chi connectivity index (χ1n) is 6.47. The van der Waals surface area contributed by atoms with Crippen molar-refractivity contribution < 1.29 is 13.5 Å². The largest absolute Gasteiger partial charge is 0.494 e. The van der Waals surface area contributed by atoms with E-state index in [4.69, 9.17) is 4.74 Å². The van der Waals surface area contributed by atoms with Crippen LogP contribution >= 0.6 is 22.6 Å². The summed E-state index contributed by atoms with van der Waals surface area (Å²) in [5.41, 5.74) is 1.99. The van der Waals surface area contributed by atoms with Gasteiger partial charge >= 0.3 is 0 Å². The average Bonchev–Trinajstić information content (AvgIpc) is 2.50. The fourth-order valence-corrected chi connectivity index (χ4v) is 2.87. The molecule has 0 heterocycles. The number of hydrogen-bond donors (Lipinski definition) is 0. The molecule has 0 radical (unpaired) electrons. The van der Waals surface area contributed by atoms with Crippen LogP contribution in [-0.4, -0.2) is 7.11 Å². The second kappa shape index (κ2) is 7.02. The number of halogens is 3. The average molecular weight is 400 g/mol. The minimum absolute atomic E-state index is 0.0896. The van der Waals surface area contributed by atoms with E-state index in [-0.39, 0.29) is 15.2 Å². The summed E-state index contributed by atoms with van der Waals surface area (Å²) in [6, 6.07) is 10.4. The van der Waals surface area contributed by atoms with Gasteiger partial charge < -0.3 is 4.74 Å². The maximum Gasteiger partial charge on any atom is 0.201 e. The van der Waals surface area contributed by atoms with E-state index < -0.39 is 11.6 Å². The van der Waals surface area contributed by atoms with Gasteiger partial charge in [0.1, 0.15) is 0 Å². The van der Waals surface area contributed by atoms with E-state index in [1.54, 1.807) is 12.1 Å². The van der Waals surface area contributed by atoms with Gasteiger partial charge in [-0.1, -0.05) is 59.0 Å². The number of hydrogen-bond acceptors (Lipinski definition) is 1. The van der Waals surface area contributed by atoms with Crippen LogP contribution in [0.4, 0.5) is 8.78 Å². The Hall–Kier alpha value is -1.43. The van der Waals surface area contributed by atoms with E-state index in [1.807, 2.05) is 25.1 Å². The number of benzene rings is 2. The lowest BCUT2D eigenvalue weighted by Gasteiger charge is -2.10. The Kier molecular flexibility index (Phi) is 5.33. The van der Waals surface area contributed by atoms with Crippen molar-refractivity contribution in [3.8, 4) is 16.9 Å². The third kappa shape index (κ3) is 3.43. The van der Waals surface area contributed by atoms with Crippen molar-refractivity contribution in [1.29, 1.82) is 0 Å². The van der Waals surface area contributed by atoms with E-state index >= 15 is 0 Å². The van der Waals surface area contributed by atoms with Crippen molar-refractivity contribution >= 4 is 22.6 Å². The molecule has 0 saturated carbocycles. The van der Waals surface area contributed by atoms with E-state index in [0.717, 1.165) is 5.56 Å². The monoisotopic (exact) mass is 400 g/mol. The molecule has 1 nitrogen and oxygen atoms in total. The van der Waals surface area contributed by atoms with Crippen molar-refractivity contribution in [2.45, 2.75) is 10.8 Å². The quantitative estimate of drug-likeness (QED) is 0.364. The Labute approximate surface area is 136 Å². The fraction of sp³-hybridized carbons (Fsp3) is 0.176. The van der Waals surface area contributed by atoms with Crippen LogP contribution < -0.4 is 4.74 Å². The second-order valence-electron chi connectivity index (χ2n) is 4.49. The number of rotatable bonds is 4. The first kappa shape index (κ1) is 15.9. The molecule has 0 aliphatic heterocycles. The second-order valence-corrected chi connectivity index (χ2v) is 5.83. The van der Waals surface area contributed by atoms with Gasteiger partial charge in [0.05, 0.1) is 11.0 Å². The maximum atomic E-state index is 14.0. The third-order valence-electron chi connectivity index (χ3n) is 3.17. The van der Waals surface area contributed by atoms with Gasteiger partial charge in [0.2, 0.25) is 5.82 Å². The minimum atomic E-state index is -0.959. The van der Waals surface area contributed by atoms with E-state index in [0.29, 0.717) is 5.56 Å². The van der Waals surface area contributed by atoms with Crippen LogP contribution in [0.2, 0.25) is 0 Å². The lowest BCUT2D eigenvalue weighted by Crippen LogP contribution is -1.95. The molecule has 2 aromatic carbocycles. The van der Waals surface area contributed by atoms with E-state index in [9.17, 15) is 8.78 Å². The summed E-state index contributed by atoms with van der Waals surface area (Å²) in [5, 5.41) is 0. The van der Waals surface area contributed by atoms with Crippen LogP contribution in [0.5, 0.6) is 5.75 Å². The topological polar surface area (TPSA) is 9.23 Å². The molecule has 2 rings (SSSR count). The van der Waals surface area contributed by atoms with Gasteiger partial charge in [0.15, 0.2) is 11.6 Å². The standard InChI is InChI=1S/C17H15F2IO/c1-3-4-14(20)12-7-5-11(6-8-12)13-9-10-15(21-2)17(19)16(13)18/h3-10,14H,1-2H3. The van der Waals surface area contributed by atoms with Gasteiger partial charge in [0.25, 0.3) is 0 Å². The van der Waals surface area contributed by atoms with Crippen molar-refractivity contribution in [3.05, 3.63) is 65.7 Å². The minimum Gasteiger partial charge on any atom is -0.494 e. The molecule has 4 heteroatoms. The molecule has 0 spiro atoms. The Morgan fingerprint density at radius 1 is 1.05 bits per heavy atom. The summed E-state index contributed by atoms with van der Waals surface area (Å²) < 4.78 is 32.8. The molecule has 0 amide bonds. The zero-order valence-electron chi connectivity index (χ0n) is 11.7. The highest BCUT2D eigenvalue weighted by Gasteiger charge is 2.15. The van der Waals surface area contributed by atoms with Gasteiger partial charge in [0, 0.05) is 5.56 Å². The summed E-state index contributed by atoms with van der Waals surface area (Å²) in [6.07, 6.45) is 4.06. The molecule has 21 heavy (non-hydrogen) atoms. The lowest BCUT2D eigenvalue weighted by molar-refractivity contribution is 0.372. The molecule has 2 aromatic rings. The van der Waals surface area contributed by atoms with Crippen molar-refractivity contribution in [2.24, 2.45) is 0 Å². The number of alkyl halides is 1. The van der Waals surface area contributed by atoms with Gasteiger partial charge in [-0.05, 0) is 30.2 Å². The fourth-order valence-electron chi connectivity index (χ4n) is 2.04. The Balaban J connectivity index is 2.37. The van der Waals surface area contributed by atoms with Crippen LogP contribution in [0.15, 0.2) is 48.6 Å². The highest BCUT2D eigenvalue weighted by atomic mass is 127. The van der Waals surface area contributed by atoms with Crippen LogP contribution in [0, 0.1) is 11.6 Å². The van der Waals surface area contributed by atoms with Crippen molar-refractivity contribution in [3.63, 3.8) is 0 Å². The number of methoxy groups -OCH3 is 1. The zero-order chi connectivity index (χ0) is 15.4. The highest BCUT2D eigenvalue weighted by Crippen LogP contribution is 2.31. The summed E-state index contributed by atoms with van der Waals surface area (Å²) in [7, 11) is 1.31. The zero-order valence-corrected chi connectivity index (χ0v) is 13.9. The maximum absolute atomic E-state index is 14.0. The van der Waals surface area contributed by atoms with Crippen molar-refractivity contribution in [1.82, 2.24) is 0 Å². The summed E-state index contributed by atoms with van der Waals surface area (Å²) in [4.78, 5) is 0. The molecule has 110 valence electrons. The van der Waals surface area contributed by atoms with Crippen LogP contribution in [0.25, 0.3) is 11.1 Å². The highest BCUT2D eigenvalue weighted by molar-refractivity contribution is 14.1. The Morgan fingerprint density at radius 3 is 2.29 bits per heavy atom. The molecule has 0 aliphatic carbocycles. The van der Waals surface area contributed by atoms with Gasteiger partial charge in [-0.15, -0.1) is 0 Å². The molecule has 0 aliphatic rings. The lowest BCUT2D eigenvalue weighted by atomic mass is 10.0. The van der Waals surface area contributed by atoms with Gasteiger partial charge in [-0.2, -0.15) is 4.39 Å². The molecule has 0 saturated heterocycles. The molecule has 0 aromatic heterocycles. The smallest absolute Gasteiger partial charge is 0.201 e.